The van der Waals surface area contributed by atoms with Gasteiger partial charge in [0.2, 0.25) is 0 Å². The van der Waals surface area contributed by atoms with E-state index in [2.05, 4.69) is 226 Å². The van der Waals surface area contributed by atoms with Crippen LogP contribution in [0.2, 0.25) is 0 Å². The van der Waals surface area contributed by atoms with Crippen LogP contribution in [0.3, 0.4) is 0 Å². The van der Waals surface area contributed by atoms with Crippen molar-refractivity contribution in [3.05, 3.63) is 212 Å². The maximum absolute atomic E-state index is 2.39. The number of hydrogen-bond donors (Lipinski definition) is 0. The van der Waals surface area contributed by atoms with Crippen LogP contribution in [0.1, 0.15) is 0 Å². The molecule has 2 aromatic heterocycles. The molecule has 0 aliphatic rings. The number of para-hydroxylation sites is 4. The summed E-state index contributed by atoms with van der Waals surface area (Å²) in [4.78, 5) is 2.39. The third kappa shape index (κ3) is 5.05. The molecule has 0 bridgehead atoms. The molecule has 0 unspecified atom stereocenters. The first kappa shape index (κ1) is 31.2. The smallest absolute Gasteiger partial charge is 0.0561 e. The van der Waals surface area contributed by atoms with E-state index in [0.717, 1.165) is 28.4 Å². The van der Waals surface area contributed by atoms with Gasteiger partial charge in [-0.2, -0.15) is 0 Å². The molecule has 0 fully saturated rings. The van der Waals surface area contributed by atoms with Gasteiger partial charge in [-0.1, -0.05) is 133 Å². The molecule has 55 heavy (non-hydrogen) atoms. The second kappa shape index (κ2) is 12.6. The van der Waals surface area contributed by atoms with E-state index in [4.69, 9.17) is 0 Å². The van der Waals surface area contributed by atoms with Crippen molar-refractivity contribution in [2.75, 3.05) is 4.90 Å². The zero-order valence-corrected chi connectivity index (χ0v) is 30.0. The highest BCUT2D eigenvalue weighted by atomic mass is 15.1. The number of hydrogen-bond acceptors (Lipinski definition) is 1. The molecule has 0 N–H and O–H groups in total. The Hall–Kier alpha value is -7.36. The number of fused-ring (bicyclic) bond motifs is 7. The van der Waals surface area contributed by atoms with Crippen LogP contribution in [-0.2, 0) is 0 Å². The van der Waals surface area contributed by atoms with Gasteiger partial charge in [-0.05, 0) is 101 Å². The van der Waals surface area contributed by atoms with E-state index < -0.39 is 0 Å². The summed E-state index contributed by atoms with van der Waals surface area (Å²) in [5.74, 6) is 0. The van der Waals surface area contributed by atoms with Crippen LogP contribution in [0.5, 0.6) is 0 Å². The van der Waals surface area contributed by atoms with Crippen molar-refractivity contribution in [3.63, 3.8) is 0 Å². The highest BCUT2D eigenvalue weighted by Crippen LogP contribution is 2.43. The molecular weight excluding hydrogens is 667 g/mol. The van der Waals surface area contributed by atoms with Gasteiger partial charge in [0.25, 0.3) is 0 Å². The van der Waals surface area contributed by atoms with Crippen LogP contribution in [-0.4, -0.2) is 9.13 Å². The standard InChI is InChI=1S/C52H35N3/c1-3-16-39(17-4-1)54-49-24-12-10-21-47(49)52-44(22-13-25-50(52)54)37-27-29-41(30-28-37)53(42-31-26-36-14-7-8-15-38(36)34-42)43-32-33-46-45-20-9-11-23-48(45)55(51(46)35-43)40-18-5-2-6-19-40/h1-35H. The van der Waals surface area contributed by atoms with Gasteiger partial charge in [-0.25, -0.2) is 0 Å². The van der Waals surface area contributed by atoms with Gasteiger partial charge in [-0.3, -0.25) is 0 Å². The molecule has 258 valence electrons. The van der Waals surface area contributed by atoms with E-state index in [0.29, 0.717) is 0 Å². The molecule has 0 radical (unpaired) electrons. The van der Waals surface area contributed by atoms with Gasteiger partial charge in [0.15, 0.2) is 0 Å². The topological polar surface area (TPSA) is 13.1 Å². The number of benzene rings is 9. The molecule has 0 spiro atoms. The van der Waals surface area contributed by atoms with Crippen LogP contribution in [0.25, 0.3) is 76.9 Å². The predicted octanol–water partition coefficient (Wildman–Crippen LogP) is 14.2. The summed E-state index contributed by atoms with van der Waals surface area (Å²) in [6.07, 6.45) is 0. The molecule has 11 aromatic rings. The number of rotatable bonds is 6. The van der Waals surface area contributed by atoms with Gasteiger partial charge in [-0.15, -0.1) is 0 Å². The summed E-state index contributed by atoms with van der Waals surface area (Å²) >= 11 is 0. The second-order valence-corrected chi connectivity index (χ2v) is 14.2. The average Bonchev–Trinajstić information content (AvgIpc) is 3.77. The van der Waals surface area contributed by atoms with Crippen LogP contribution < -0.4 is 4.90 Å². The van der Waals surface area contributed by atoms with Crippen LogP contribution in [0, 0.1) is 0 Å². The summed E-state index contributed by atoms with van der Waals surface area (Å²) in [6.45, 7) is 0. The summed E-state index contributed by atoms with van der Waals surface area (Å²) in [5.41, 5.74) is 12.8. The van der Waals surface area contributed by atoms with E-state index in [1.807, 2.05) is 0 Å². The second-order valence-electron chi connectivity index (χ2n) is 14.2. The molecule has 3 heteroatoms. The van der Waals surface area contributed by atoms with Gasteiger partial charge in [0.05, 0.1) is 22.1 Å². The summed E-state index contributed by atoms with van der Waals surface area (Å²) in [6, 6.07) is 76.9. The lowest BCUT2D eigenvalue weighted by atomic mass is 9.99. The fourth-order valence-corrected chi connectivity index (χ4v) is 8.62. The van der Waals surface area contributed by atoms with Crippen molar-refractivity contribution < 1.29 is 0 Å². The van der Waals surface area contributed by atoms with Crippen molar-refractivity contribution in [2.24, 2.45) is 0 Å². The third-order valence-corrected chi connectivity index (χ3v) is 11.1. The van der Waals surface area contributed by atoms with E-state index in [1.165, 1.54) is 65.5 Å². The molecule has 0 aliphatic heterocycles. The quantitative estimate of drug-likeness (QED) is 0.168. The predicted molar refractivity (Wildman–Crippen MR) is 233 cm³/mol. The van der Waals surface area contributed by atoms with Crippen molar-refractivity contribution >= 4 is 71.4 Å². The third-order valence-electron chi connectivity index (χ3n) is 11.1. The van der Waals surface area contributed by atoms with Crippen molar-refractivity contribution in [1.82, 2.24) is 9.13 Å². The Morgan fingerprint density at radius 2 is 0.836 bits per heavy atom. The fraction of sp³-hybridized carbons (Fsp3) is 0. The van der Waals surface area contributed by atoms with Gasteiger partial charge < -0.3 is 14.0 Å². The van der Waals surface area contributed by atoms with E-state index in [9.17, 15) is 0 Å². The van der Waals surface area contributed by atoms with E-state index in [-0.39, 0.29) is 0 Å². The molecule has 11 rings (SSSR count). The van der Waals surface area contributed by atoms with Gasteiger partial charge in [0.1, 0.15) is 0 Å². The van der Waals surface area contributed by atoms with Crippen molar-refractivity contribution in [1.29, 1.82) is 0 Å². The lowest BCUT2D eigenvalue weighted by Crippen LogP contribution is -2.10. The van der Waals surface area contributed by atoms with Gasteiger partial charge in [0, 0.05) is 50.0 Å². The van der Waals surface area contributed by atoms with Gasteiger partial charge >= 0.3 is 0 Å². The van der Waals surface area contributed by atoms with Crippen molar-refractivity contribution in [2.45, 2.75) is 0 Å². The Morgan fingerprint density at radius 1 is 0.309 bits per heavy atom. The molecule has 0 atom stereocenters. The molecule has 0 aliphatic carbocycles. The van der Waals surface area contributed by atoms with Crippen LogP contribution in [0.4, 0.5) is 17.1 Å². The first-order chi connectivity index (χ1) is 27.3. The highest BCUT2D eigenvalue weighted by Gasteiger charge is 2.19. The molecular formula is C52H35N3. The Bertz CT molecular complexity index is 3190. The SMILES string of the molecule is c1ccc(-n2c3ccccc3c3ccc(N(c4ccc(-c5cccc6c5c5ccccc5n6-c5ccccc5)cc4)c4ccc5ccccc5c4)cc32)cc1. The summed E-state index contributed by atoms with van der Waals surface area (Å²) in [5, 5.41) is 7.44. The molecule has 2 heterocycles. The van der Waals surface area contributed by atoms with E-state index >= 15 is 0 Å². The molecule has 3 nitrogen and oxygen atoms in total. The minimum Gasteiger partial charge on any atom is -0.310 e. The zero-order valence-electron chi connectivity index (χ0n) is 30.0. The molecule has 0 amide bonds. The Labute approximate surface area is 319 Å². The Balaban J connectivity index is 1.10. The number of anilines is 3. The lowest BCUT2D eigenvalue weighted by molar-refractivity contribution is 1.18. The molecule has 9 aromatic carbocycles. The zero-order chi connectivity index (χ0) is 36.3. The van der Waals surface area contributed by atoms with Crippen LogP contribution >= 0.6 is 0 Å². The maximum Gasteiger partial charge on any atom is 0.0561 e. The van der Waals surface area contributed by atoms with E-state index in [1.54, 1.807) is 0 Å². The molecule has 0 saturated heterocycles. The minimum atomic E-state index is 1.10. The normalized spacial score (nSPS) is 11.6. The van der Waals surface area contributed by atoms with Crippen molar-refractivity contribution in [3.8, 4) is 22.5 Å². The minimum absolute atomic E-state index is 1.10. The maximum atomic E-state index is 2.39. The number of aromatic nitrogens is 2. The lowest BCUT2D eigenvalue weighted by Gasteiger charge is -2.26. The summed E-state index contributed by atoms with van der Waals surface area (Å²) in [7, 11) is 0. The largest absolute Gasteiger partial charge is 0.310 e. The highest BCUT2D eigenvalue weighted by molar-refractivity contribution is 6.16. The van der Waals surface area contributed by atoms with Crippen LogP contribution in [0.15, 0.2) is 212 Å². The Morgan fingerprint density at radius 3 is 1.58 bits per heavy atom. The molecule has 0 saturated carbocycles. The number of nitrogens with zero attached hydrogens (tertiary/aromatic N) is 3. The first-order valence-corrected chi connectivity index (χ1v) is 18.9. The fourth-order valence-electron chi connectivity index (χ4n) is 8.62. The first-order valence-electron chi connectivity index (χ1n) is 18.9. The Kier molecular flexibility index (Phi) is 7.17. The average molecular weight is 702 g/mol. The summed E-state index contributed by atoms with van der Waals surface area (Å²) < 4.78 is 4.78. The monoisotopic (exact) mass is 701 g/mol.